The van der Waals surface area contributed by atoms with E-state index < -0.39 is 23.5 Å². The number of amides is 1. The van der Waals surface area contributed by atoms with Crippen molar-refractivity contribution in [2.24, 2.45) is 0 Å². The summed E-state index contributed by atoms with van der Waals surface area (Å²) in [4.78, 5) is 13.2. The van der Waals surface area contributed by atoms with E-state index in [9.17, 15) is 22.4 Å². The lowest BCUT2D eigenvalue weighted by atomic mass is 9.98. The molecule has 1 fully saturated rings. The Morgan fingerprint density at radius 2 is 1.83 bits per heavy atom. The molecule has 0 bridgehead atoms. The second-order valence-corrected chi connectivity index (χ2v) is 8.65. The fraction of sp³-hybridized carbons (Fsp3) is 0.231. The molecule has 1 aliphatic rings. The van der Waals surface area contributed by atoms with E-state index in [1.807, 2.05) is 0 Å². The van der Waals surface area contributed by atoms with Gasteiger partial charge >= 0.3 is 6.18 Å². The van der Waals surface area contributed by atoms with E-state index in [1.165, 1.54) is 24.3 Å². The van der Waals surface area contributed by atoms with Gasteiger partial charge in [-0.15, -0.1) is 0 Å². The number of benzene rings is 3. The third kappa shape index (κ3) is 4.58. The minimum Gasteiger partial charge on any atom is -0.456 e. The Morgan fingerprint density at radius 1 is 1.06 bits per heavy atom. The van der Waals surface area contributed by atoms with Crippen LogP contribution >= 0.6 is 0 Å². The number of hydrogen-bond acceptors (Lipinski definition) is 4. The first-order valence-electron chi connectivity index (χ1n) is 11.0. The molecule has 1 aliphatic carbocycles. The summed E-state index contributed by atoms with van der Waals surface area (Å²) >= 11 is 0. The molecule has 180 valence electrons. The third-order valence-corrected chi connectivity index (χ3v) is 5.98. The Kier molecular flexibility index (Phi) is 5.50. The van der Waals surface area contributed by atoms with Crippen molar-refractivity contribution in [2.75, 3.05) is 5.32 Å². The largest absolute Gasteiger partial charge is 0.456 e. The van der Waals surface area contributed by atoms with Crippen LogP contribution in [-0.2, 0) is 6.18 Å². The quantitative estimate of drug-likeness (QED) is 0.298. The number of nitrogens with one attached hydrogen (secondary N) is 1. The number of anilines is 1. The summed E-state index contributed by atoms with van der Waals surface area (Å²) in [6.45, 7) is 3.35. The summed E-state index contributed by atoms with van der Waals surface area (Å²) < 4.78 is 66.4. The molecule has 4 aromatic rings. The maximum atomic E-state index is 13.9. The number of carbonyl (C=O) groups excluding carboxylic acids is 1. The minimum atomic E-state index is -4.64. The van der Waals surface area contributed by atoms with Crippen LogP contribution in [0, 0.1) is 19.7 Å². The van der Waals surface area contributed by atoms with Crippen LogP contribution in [0.15, 0.2) is 53.1 Å². The molecule has 0 atom stereocenters. The first-order valence-corrected chi connectivity index (χ1v) is 11.0. The molecule has 5 nitrogen and oxygen atoms in total. The number of alkyl halides is 3. The maximum absolute atomic E-state index is 13.9. The van der Waals surface area contributed by atoms with Gasteiger partial charge in [0.25, 0.3) is 5.91 Å². The molecule has 9 heteroatoms. The Bertz CT molecular complexity index is 1460. The van der Waals surface area contributed by atoms with Crippen molar-refractivity contribution >= 4 is 22.6 Å². The van der Waals surface area contributed by atoms with E-state index in [1.54, 1.807) is 32.0 Å². The van der Waals surface area contributed by atoms with E-state index in [4.69, 9.17) is 9.26 Å². The molecule has 1 heterocycles. The SMILES string of the molecule is Cc1cc(F)ccc1Oc1cc(C2CC2)c(C(F)(F)F)cc1C(=O)Nc1ccc2onc(C)c2c1. The summed E-state index contributed by atoms with van der Waals surface area (Å²) in [5, 5.41) is 7.17. The molecule has 1 amide bonds. The monoisotopic (exact) mass is 484 g/mol. The number of aryl methyl sites for hydroxylation is 2. The summed E-state index contributed by atoms with van der Waals surface area (Å²) in [6.07, 6.45) is -3.39. The molecule has 35 heavy (non-hydrogen) atoms. The molecule has 0 saturated heterocycles. The highest BCUT2D eigenvalue weighted by molar-refractivity contribution is 6.07. The molecule has 3 aromatic carbocycles. The zero-order valence-electron chi connectivity index (χ0n) is 18.8. The predicted molar refractivity (Wildman–Crippen MR) is 121 cm³/mol. The van der Waals surface area contributed by atoms with Gasteiger partial charge in [-0.2, -0.15) is 13.2 Å². The second-order valence-electron chi connectivity index (χ2n) is 8.65. The second kappa shape index (κ2) is 8.41. The Morgan fingerprint density at radius 3 is 2.51 bits per heavy atom. The molecule has 0 radical (unpaired) electrons. The molecular weight excluding hydrogens is 464 g/mol. The fourth-order valence-corrected chi connectivity index (χ4v) is 4.02. The topological polar surface area (TPSA) is 64.4 Å². The van der Waals surface area contributed by atoms with Crippen LogP contribution < -0.4 is 10.1 Å². The van der Waals surface area contributed by atoms with Gasteiger partial charge in [0.15, 0.2) is 5.58 Å². The number of ether oxygens (including phenoxy) is 1. The lowest BCUT2D eigenvalue weighted by molar-refractivity contribution is -0.138. The minimum absolute atomic E-state index is 0.0330. The van der Waals surface area contributed by atoms with Crippen molar-refractivity contribution in [1.82, 2.24) is 5.16 Å². The Labute approximate surface area is 197 Å². The zero-order valence-corrected chi connectivity index (χ0v) is 18.8. The number of carbonyl (C=O) groups is 1. The van der Waals surface area contributed by atoms with Crippen LogP contribution in [0.4, 0.5) is 23.2 Å². The maximum Gasteiger partial charge on any atom is 0.416 e. The van der Waals surface area contributed by atoms with Gasteiger partial charge < -0.3 is 14.6 Å². The van der Waals surface area contributed by atoms with Crippen molar-refractivity contribution in [2.45, 2.75) is 38.8 Å². The normalized spacial score (nSPS) is 13.8. The standard InChI is InChI=1S/C26H20F4N2O3/c1-13-9-16(27)5-7-22(13)34-24-12-19(15-3-4-15)21(26(28,29)30)11-20(24)25(33)31-17-6-8-23-18(10-17)14(2)32-35-23/h5-12,15H,3-4H2,1-2H3,(H,31,33). The van der Waals surface area contributed by atoms with Crippen molar-refractivity contribution in [3.8, 4) is 11.5 Å². The Hall–Kier alpha value is -3.88. The summed E-state index contributed by atoms with van der Waals surface area (Å²) in [6, 6.07) is 10.7. The van der Waals surface area contributed by atoms with Crippen LogP contribution in [0.25, 0.3) is 11.0 Å². The van der Waals surface area contributed by atoms with Crippen molar-refractivity contribution in [3.05, 3.63) is 82.3 Å². The molecule has 1 aromatic heterocycles. The van der Waals surface area contributed by atoms with E-state index in [0.29, 0.717) is 40.8 Å². The van der Waals surface area contributed by atoms with Crippen LogP contribution in [0.3, 0.4) is 0 Å². The molecular formula is C26H20F4N2O3. The molecule has 0 unspecified atom stereocenters. The van der Waals surface area contributed by atoms with Crippen LogP contribution in [0.2, 0.25) is 0 Å². The van der Waals surface area contributed by atoms with E-state index in [-0.39, 0.29) is 28.5 Å². The number of nitrogens with zero attached hydrogens (tertiary/aromatic N) is 1. The summed E-state index contributed by atoms with van der Waals surface area (Å²) in [5.41, 5.74) is 0.872. The smallest absolute Gasteiger partial charge is 0.416 e. The number of rotatable bonds is 5. The first kappa shape index (κ1) is 22.9. The van der Waals surface area contributed by atoms with Gasteiger partial charge in [0, 0.05) is 11.1 Å². The molecule has 1 N–H and O–H groups in total. The van der Waals surface area contributed by atoms with Crippen LogP contribution in [0.1, 0.15) is 51.5 Å². The van der Waals surface area contributed by atoms with Gasteiger partial charge in [-0.1, -0.05) is 5.16 Å². The number of hydrogen-bond donors (Lipinski definition) is 1. The number of aromatic nitrogens is 1. The summed E-state index contributed by atoms with van der Waals surface area (Å²) in [5.74, 6) is -1.29. The predicted octanol–water partition coefficient (Wildman–Crippen LogP) is 7.52. The average Bonchev–Trinajstić information content (AvgIpc) is 3.58. The van der Waals surface area contributed by atoms with Gasteiger partial charge in [-0.05, 0) is 92.3 Å². The van der Waals surface area contributed by atoms with E-state index in [2.05, 4.69) is 10.5 Å². The van der Waals surface area contributed by atoms with E-state index >= 15 is 0 Å². The van der Waals surface area contributed by atoms with Gasteiger partial charge in [0.1, 0.15) is 17.3 Å². The van der Waals surface area contributed by atoms with Crippen LogP contribution in [-0.4, -0.2) is 11.1 Å². The van der Waals surface area contributed by atoms with Crippen molar-refractivity contribution in [1.29, 1.82) is 0 Å². The highest BCUT2D eigenvalue weighted by Crippen LogP contribution is 2.48. The molecule has 0 spiro atoms. The number of fused-ring (bicyclic) bond motifs is 1. The number of halogens is 4. The van der Waals surface area contributed by atoms with Gasteiger partial charge in [-0.3, -0.25) is 4.79 Å². The molecule has 0 aliphatic heterocycles. The molecule has 5 rings (SSSR count). The third-order valence-electron chi connectivity index (χ3n) is 5.98. The fourth-order valence-electron chi connectivity index (χ4n) is 4.02. The van der Waals surface area contributed by atoms with Gasteiger partial charge in [0.2, 0.25) is 0 Å². The first-order chi connectivity index (χ1) is 16.6. The lowest BCUT2D eigenvalue weighted by Gasteiger charge is -2.19. The van der Waals surface area contributed by atoms with Crippen molar-refractivity contribution in [3.63, 3.8) is 0 Å². The van der Waals surface area contributed by atoms with Gasteiger partial charge in [-0.25, -0.2) is 4.39 Å². The molecule has 1 saturated carbocycles. The van der Waals surface area contributed by atoms with E-state index in [0.717, 1.165) is 6.07 Å². The highest BCUT2D eigenvalue weighted by Gasteiger charge is 2.40. The summed E-state index contributed by atoms with van der Waals surface area (Å²) in [7, 11) is 0. The van der Waals surface area contributed by atoms with Crippen LogP contribution in [0.5, 0.6) is 11.5 Å². The zero-order chi connectivity index (χ0) is 24.9. The highest BCUT2D eigenvalue weighted by atomic mass is 19.4. The van der Waals surface area contributed by atoms with Crippen molar-refractivity contribution < 1.29 is 31.6 Å². The average molecular weight is 484 g/mol. The Balaban J connectivity index is 1.58. The lowest BCUT2D eigenvalue weighted by Crippen LogP contribution is -2.17. The van der Waals surface area contributed by atoms with Gasteiger partial charge in [0.05, 0.1) is 16.8 Å².